The number of nitrogens with zero attached hydrogens (tertiary/aromatic N) is 1. The maximum absolute atomic E-state index is 6.03. The highest BCUT2D eigenvalue weighted by Gasteiger charge is 2.06. The van der Waals surface area contributed by atoms with Gasteiger partial charge in [0, 0.05) is 6.20 Å². The standard InChI is InChI=1S/C11H9Cl2N3/c12-7-3-1-5-9(10(7)13)16-11-8(14)4-2-6-15-11/h1-6H,14H2,(H,15,16). The van der Waals surface area contributed by atoms with E-state index in [1.165, 1.54) is 0 Å². The van der Waals surface area contributed by atoms with Gasteiger partial charge in [-0.3, -0.25) is 0 Å². The number of hydrogen-bond acceptors (Lipinski definition) is 3. The Balaban J connectivity index is 2.35. The highest BCUT2D eigenvalue weighted by atomic mass is 35.5. The predicted octanol–water partition coefficient (Wildman–Crippen LogP) is 3.71. The Morgan fingerprint density at radius 1 is 1.12 bits per heavy atom. The average molecular weight is 254 g/mol. The van der Waals surface area contributed by atoms with Crippen LogP contribution in [0.2, 0.25) is 10.0 Å². The third-order valence-corrected chi connectivity index (χ3v) is 2.86. The quantitative estimate of drug-likeness (QED) is 0.858. The second kappa shape index (κ2) is 4.60. The van der Waals surface area contributed by atoms with E-state index in [9.17, 15) is 0 Å². The van der Waals surface area contributed by atoms with Crippen LogP contribution in [0.1, 0.15) is 0 Å². The Morgan fingerprint density at radius 3 is 2.69 bits per heavy atom. The molecule has 0 fully saturated rings. The van der Waals surface area contributed by atoms with Gasteiger partial charge in [-0.05, 0) is 24.3 Å². The molecule has 0 bridgehead atoms. The third kappa shape index (κ3) is 2.21. The Hall–Kier alpha value is -1.45. The predicted molar refractivity (Wildman–Crippen MR) is 68.4 cm³/mol. The molecule has 0 aliphatic heterocycles. The summed E-state index contributed by atoms with van der Waals surface area (Å²) in [6.45, 7) is 0. The molecule has 0 saturated heterocycles. The SMILES string of the molecule is Nc1cccnc1Nc1cccc(Cl)c1Cl. The van der Waals surface area contributed by atoms with E-state index in [2.05, 4.69) is 10.3 Å². The summed E-state index contributed by atoms with van der Waals surface area (Å²) in [6, 6.07) is 8.85. The first-order chi connectivity index (χ1) is 7.68. The van der Waals surface area contributed by atoms with Crippen molar-refractivity contribution in [2.24, 2.45) is 0 Å². The van der Waals surface area contributed by atoms with E-state index in [0.717, 1.165) is 0 Å². The number of nitrogen functional groups attached to an aromatic ring is 1. The molecule has 0 saturated carbocycles. The van der Waals surface area contributed by atoms with Gasteiger partial charge in [-0.2, -0.15) is 0 Å². The van der Waals surface area contributed by atoms with Crippen LogP contribution in [0.4, 0.5) is 17.2 Å². The summed E-state index contributed by atoms with van der Waals surface area (Å²) in [5, 5.41) is 3.97. The van der Waals surface area contributed by atoms with Crippen LogP contribution in [0.25, 0.3) is 0 Å². The zero-order valence-electron chi connectivity index (χ0n) is 8.24. The molecule has 2 rings (SSSR count). The summed E-state index contributed by atoms with van der Waals surface area (Å²) in [7, 11) is 0. The number of pyridine rings is 1. The fourth-order valence-corrected chi connectivity index (χ4v) is 1.60. The zero-order chi connectivity index (χ0) is 11.5. The Bertz CT molecular complexity index is 514. The van der Waals surface area contributed by atoms with E-state index < -0.39 is 0 Å². The van der Waals surface area contributed by atoms with E-state index in [4.69, 9.17) is 28.9 Å². The Labute approximate surface area is 103 Å². The van der Waals surface area contributed by atoms with Gasteiger partial charge < -0.3 is 11.1 Å². The minimum absolute atomic E-state index is 0.453. The van der Waals surface area contributed by atoms with Gasteiger partial charge in [0.15, 0.2) is 5.82 Å². The molecule has 5 heteroatoms. The van der Waals surface area contributed by atoms with Crippen molar-refractivity contribution >= 4 is 40.4 Å². The van der Waals surface area contributed by atoms with Crippen molar-refractivity contribution in [2.75, 3.05) is 11.1 Å². The third-order valence-electron chi connectivity index (χ3n) is 2.04. The molecule has 0 atom stereocenters. The average Bonchev–Trinajstić information content (AvgIpc) is 2.28. The Morgan fingerprint density at radius 2 is 1.94 bits per heavy atom. The Kier molecular flexibility index (Phi) is 3.17. The summed E-state index contributed by atoms with van der Waals surface area (Å²) in [6.07, 6.45) is 1.65. The van der Waals surface area contributed by atoms with Crippen molar-refractivity contribution in [2.45, 2.75) is 0 Å². The van der Waals surface area contributed by atoms with Gasteiger partial charge in [0.05, 0.1) is 21.4 Å². The van der Waals surface area contributed by atoms with Crippen LogP contribution in [0.5, 0.6) is 0 Å². The fraction of sp³-hybridized carbons (Fsp3) is 0. The summed E-state index contributed by atoms with van der Waals surface area (Å²) >= 11 is 11.9. The van der Waals surface area contributed by atoms with Crippen molar-refractivity contribution in [1.29, 1.82) is 0 Å². The van der Waals surface area contributed by atoms with Crippen LogP contribution in [0, 0.1) is 0 Å². The van der Waals surface area contributed by atoms with Crippen molar-refractivity contribution in [3.63, 3.8) is 0 Å². The molecule has 3 nitrogen and oxygen atoms in total. The second-order valence-electron chi connectivity index (χ2n) is 3.17. The van der Waals surface area contributed by atoms with Gasteiger partial charge in [-0.15, -0.1) is 0 Å². The van der Waals surface area contributed by atoms with Gasteiger partial charge in [-0.1, -0.05) is 29.3 Å². The van der Waals surface area contributed by atoms with Gasteiger partial charge in [0.1, 0.15) is 0 Å². The molecule has 0 aliphatic rings. The minimum atomic E-state index is 0.453. The summed E-state index contributed by atoms with van der Waals surface area (Å²) in [5.74, 6) is 0.562. The summed E-state index contributed by atoms with van der Waals surface area (Å²) in [4.78, 5) is 4.11. The first-order valence-electron chi connectivity index (χ1n) is 4.60. The van der Waals surface area contributed by atoms with Crippen molar-refractivity contribution in [1.82, 2.24) is 4.98 Å². The van der Waals surface area contributed by atoms with E-state index in [0.29, 0.717) is 27.2 Å². The van der Waals surface area contributed by atoms with Gasteiger partial charge in [0.2, 0.25) is 0 Å². The van der Waals surface area contributed by atoms with Gasteiger partial charge in [0.25, 0.3) is 0 Å². The maximum Gasteiger partial charge on any atom is 0.153 e. The number of nitrogens with one attached hydrogen (secondary N) is 1. The molecule has 16 heavy (non-hydrogen) atoms. The number of anilines is 3. The normalized spacial score (nSPS) is 10.1. The van der Waals surface area contributed by atoms with Crippen molar-refractivity contribution in [3.8, 4) is 0 Å². The minimum Gasteiger partial charge on any atom is -0.396 e. The molecule has 1 heterocycles. The summed E-state index contributed by atoms with van der Waals surface area (Å²) < 4.78 is 0. The fourth-order valence-electron chi connectivity index (χ4n) is 1.25. The molecule has 1 aromatic heterocycles. The number of aromatic nitrogens is 1. The zero-order valence-corrected chi connectivity index (χ0v) is 9.76. The monoisotopic (exact) mass is 253 g/mol. The van der Waals surface area contributed by atoms with Crippen LogP contribution >= 0.6 is 23.2 Å². The number of benzene rings is 1. The molecule has 2 aromatic rings. The second-order valence-corrected chi connectivity index (χ2v) is 3.95. The van der Waals surface area contributed by atoms with Crippen molar-refractivity contribution < 1.29 is 0 Å². The van der Waals surface area contributed by atoms with E-state index in [1.54, 1.807) is 30.5 Å². The molecule has 0 amide bonds. The first kappa shape index (κ1) is 11.0. The highest BCUT2D eigenvalue weighted by molar-refractivity contribution is 6.43. The lowest BCUT2D eigenvalue weighted by Crippen LogP contribution is -1.98. The molecule has 3 N–H and O–H groups in total. The molecule has 0 spiro atoms. The lowest BCUT2D eigenvalue weighted by Gasteiger charge is -2.09. The van der Waals surface area contributed by atoms with Crippen molar-refractivity contribution in [3.05, 3.63) is 46.6 Å². The lowest BCUT2D eigenvalue weighted by atomic mass is 10.3. The molecule has 0 radical (unpaired) electrons. The highest BCUT2D eigenvalue weighted by Crippen LogP contribution is 2.32. The van der Waals surface area contributed by atoms with E-state index >= 15 is 0 Å². The van der Waals surface area contributed by atoms with Crippen LogP contribution in [-0.4, -0.2) is 4.98 Å². The number of nitrogens with two attached hydrogens (primary N) is 1. The van der Waals surface area contributed by atoms with E-state index in [-0.39, 0.29) is 0 Å². The maximum atomic E-state index is 6.03. The topological polar surface area (TPSA) is 50.9 Å². The molecule has 1 aromatic carbocycles. The lowest BCUT2D eigenvalue weighted by molar-refractivity contribution is 1.31. The largest absolute Gasteiger partial charge is 0.396 e. The molecular weight excluding hydrogens is 245 g/mol. The smallest absolute Gasteiger partial charge is 0.153 e. The molecule has 82 valence electrons. The number of hydrogen-bond donors (Lipinski definition) is 2. The van der Waals surface area contributed by atoms with Crippen LogP contribution < -0.4 is 11.1 Å². The van der Waals surface area contributed by atoms with E-state index in [1.807, 2.05) is 6.07 Å². The van der Waals surface area contributed by atoms with Gasteiger partial charge in [-0.25, -0.2) is 4.98 Å². The van der Waals surface area contributed by atoms with Crippen LogP contribution in [0.15, 0.2) is 36.5 Å². The van der Waals surface area contributed by atoms with Crippen LogP contribution in [-0.2, 0) is 0 Å². The molecule has 0 aliphatic carbocycles. The molecular formula is C11H9Cl2N3. The van der Waals surface area contributed by atoms with Crippen LogP contribution in [0.3, 0.4) is 0 Å². The summed E-state index contributed by atoms with van der Waals surface area (Å²) in [5.41, 5.74) is 6.99. The number of rotatable bonds is 2. The first-order valence-corrected chi connectivity index (χ1v) is 5.35. The number of halogens is 2. The molecule has 0 unspecified atom stereocenters. The van der Waals surface area contributed by atoms with Gasteiger partial charge >= 0.3 is 0 Å².